The molecular weight excluding hydrogens is 231 g/mol. The van der Waals surface area contributed by atoms with Crippen LogP contribution in [-0.4, -0.2) is 17.8 Å². The summed E-state index contributed by atoms with van der Waals surface area (Å²) in [5.41, 5.74) is 0.113. The van der Waals surface area contributed by atoms with Gasteiger partial charge in [0.05, 0.1) is 12.2 Å². The third-order valence-electron chi connectivity index (χ3n) is 2.55. The van der Waals surface area contributed by atoms with Gasteiger partial charge in [-0.3, -0.25) is 0 Å². The van der Waals surface area contributed by atoms with Gasteiger partial charge in [0.1, 0.15) is 0 Å². The van der Waals surface area contributed by atoms with Gasteiger partial charge in [0.2, 0.25) is 0 Å². The fraction of sp³-hybridized carbons (Fsp3) is 0.500. The van der Waals surface area contributed by atoms with Crippen molar-refractivity contribution in [3.63, 3.8) is 0 Å². The lowest BCUT2D eigenvalue weighted by molar-refractivity contribution is -0.137. The Labute approximate surface area is 98.5 Å². The van der Waals surface area contributed by atoms with E-state index in [1.165, 1.54) is 12.1 Å². The van der Waals surface area contributed by atoms with Crippen molar-refractivity contribution < 1.29 is 18.3 Å². The topological polar surface area (TPSA) is 32.3 Å². The molecule has 0 aliphatic heterocycles. The number of benzene rings is 1. The molecule has 5 heteroatoms. The largest absolute Gasteiger partial charge is 0.416 e. The minimum Gasteiger partial charge on any atom is -0.395 e. The van der Waals surface area contributed by atoms with Crippen molar-refractivity contribution in [1.82, 2.24) is 5.32 Å². The number of nitrogens with one attached hydrogen (secondary N) is 1. The van der Waals surface area contributed by atoms with Crippen LogP contribution in [-0.2, 0) is 6.18 Å². The predicted molar refractivity (Wildman–Crippen MR) is 59.5 cm³/mol. The Morgan fingerprint density at radius 2 is 1.71 bits per heavy atom. The highest BCUT2D eigenvalue weighted by molar-refractivity contribution is 5.26. The second-order valence-electron chi connectivity index (χ2n) is 4.09. The molecule has 0 saturated carbocycles. The van der Waals surface area contributed by atoms with E-state index in [2.05, 4.69) is 5.32 Å². The third-order valence-corrected chi connectivity index (χ3v) is 2.55. The third kappa shape index (κ3) is 4.02. The second-order valence-corrected chi connectivity index (χ2v) is 4.09. The maximum atomic E-state index is 12.3. The van der Waals surface area contributed by atoms with Crippen LogP contribution in [0.5, 0.6) is 0 Å². The maximum Gasteiger partial charge on any atom is 0.416 e. The van der Waals surface area contributed by atoms with Gasteiger partial charge in [-0.1, -0.05) is 12.1 Å². The molecule has 17 heavy (non-hydrogen) atoms. The molecule has 0 aliphatic carbocycles. The van der Waals surface area contributed by atoms with Crippen molar-refractivity contribution in [2.24, 2.45) is 0 Å². The molecule has 0 saturated heterocycles. The quantitative estimate of drug-likeness (QED) is 0.857. The SMILES string of the molecule is CC(CO)NC(C)c1ccc(C(F)(F)F)cc1. The monoisotopic (exact) mass is 247 g/mol. The van der Waals surface area contributed by atoms with Crippen LogP contribution in [0.25, 0.3) is 0 Å². The molecule has 2 atom stereocenters. The first-order valence-electron chi connectivity index (χ1n) is 5.38. The van der Waals surface area contributed by atoms with Crippen LogP contribution in [0.3, 0.4) is 0 Å². The highest BCUT2D eigenvalue weighted by Gasteiger charge is 2.30. The minimum absolute atomic E-state index is 0.00895. The Kier molecular flexibility index (Phi) is 4.54. The molecule has 0 spiro atoms. The van der Waals surface area contributed by atoms with E-state index in [4.69, 9.17) is 5.11 Å². The zero-order chi connectivity index (χ0) is 13.1. The number of rotatable bonds is 4. The summed E-state index contributed by atoms with van der Waals surface area (Å²) in [5.74, 6) is 0. The molecule has 2 nitrogen and oxygen atoms in total. The predicted octanol–water partition coefficient (Wildman–Crippen LogP) is 2.74. The van der Waals surface area contributed by atoms with Crippen LogP contribution in [0, 0.1) is 0 Å². The first-order valence-corrected chi connectivity index (χ1v) is 5.38. The van der Waals surface area contributed by atoms with Crippen LogP contribution in [0.2, 0.25) is 0 Å². The number of alkyl halides is 3. The van der Waals surface area contributed by atoms with E-state index in [1.807, 2.05) is 6.92 Å². The summed E-state index contributed by atoms with van der Waals surface area (Å²) in [7, 11) is 0. The molecule has 0 aromatic heterocycles. The average Bonchev–Trinajstić information content (AvgIpc) is 2.27. The molecule has 1 aromatic rings. The normalized spacial score (nSPS) is 15.6. The lowest BCUT2D eigenvalue weighted by atomic mass is 10.1. The van der Waals surface area contributed by atoms with Gasteiger partial charge in [-0.2, -0.15) is 13.2 Å². The lowest BCUT2D eigenvalue weighted by Crippen LogP contribution is -2.31. The van der Waals surface area contributed by atoms with Crippen LogP contribution in [0.1, 0.15) is 31.0 Å². The van der Waals surface area contributed by atoms with Crippen LogP contribution in [0.4, 0.5) is 13.2 Å². The Morgan fingerprint density at radius 1 is 1.18 bits per heavy atom. The molecule has 1 aromatic carbocycles. The molecule has 96 valence electrons. The second kappa shape index (κ2) is 5.51. The molecule has 0 amide bonds. The molecule has 0 radical (unpaired) electrons. The number of hydrogen-bond donors (Lipinski definition) is 2. The average molecular weight is 247 g/mol. The summed E-state index contributed by atoms with van der Waals surface area (Å²) in [6.45, 7) is 3.64. The molecule has 0 heterocycles. The summed E-state index contributed by atoms with van der Waals surface area (Å²) < 4.78 is 37.0. The maximum absolute atomic E-state index is 12.3. The van der Waals surface area contributed by atoms with E-state index >= 15 is 0 Å². The van der Waals surface area contributed by atoms with E-state index in [9.17, 15) is 13.2 Å². The number of aliphatic hydroxyl groups is 1. The molecule has 2 unspecified atom stereocenters. The van der Waals surface area contributed by atoms with Crippen LogP contribution in [0.15, 0.2) is 24.3 Å². The van der Waals surface area contributed by atoms with Crippen molar-refractivity contribution in [1.29, 1.82) is 0 Å². The molecule has 0 aliphatic rings. The van der Waals surface area contributed by atoms with E-state index in [1.54, 1.807) is 6.92 Å². The van der Waals surface area contributed by atoms with Gasteiger partial charge in [0, 0.05) is 12.1 Å². The molecule has 0 fully saturated rings. The zero-order valence-electron chi connectivity index (χ0n) is 9.75. The number of hydrogen-bond acceptors (Lipinski definition) is 2. The number of aliphatic hydroxyl groups excluding tert-OH is 1. The van der Waals surface area contributed by atoms with Crippen molar-refractivity contribution >= 4 is 0 Å². The Balaban J connectivity index is 2.74. The summed E-state index contributed by atoms with van der Waals surface area (Å²) in [4.78, 5) is 0. The number of halogens is 3. The van der Waals surface area contributed by atoms with E-state index in [-0.39, 0.29) is 18.7 Å². The summed E-state index contributed by atoms with van der Waals surface area (Å²) in [6, 6.07) is 4.84. The first-order chi connectivity index (χ1) is 7.84. The minimum atomic E-state index is -4.30. The summed E-state index contributed by atoms with van der Waals surface area (Å²) >= 11 is 0. The lowest BCUT2D eigenvalue weighted by Gasteiger charge is -2.19. The van der Waals surface area contributed by atoms with Crippen LogP contribution >= 0.6 is 0 Å². The fourth-order valence-electron chi connectivity index (χ4n) is 1.54. The van der Waals surface area contributed by atoms with Gasteiger partial charge in [0.15, 0.2) is 0 Å². The van der Waals surface area contributed by atoms with Gasteiger partial charge in [0.25, 0.3) is 0 Å². The standard InChI is InChI=1S/C12H16F3NO/c1-8(7-17)16-9(2)10-3-5-11(6-4-10)12(13,14)15/h3-6,8-9,16-17H,7H2,1-2H3. The summed E-state index contributed by atoms with van der Waals surface area (Å²) in [6.07, 6.45) is -4.30. The van der Waals surface area contributed by atoms with Gasteiger partial charge in [-0.05, 0) is 31.5 Å². The zero-order valence-corrected chi connectivity index (χ0v) is 9.75. The molecule has 2 N–H and O–H groups in total. The molecule has 1 rings (SSSR count). The van der Waals surface area contributed by atoms with Crippen molar-refractivity contribution in [2.45, 2.75) is 32.1 Å². The smallest absolute Gasteiger partial charge is 0.395 e. The Morgan fingerprint density at radius 3 is 2.12 bits per heavy atom. The van der Waals surface area contributed by atoms with E-state index in [0.29, 0.717) is 0 Å². The highest BCUT2D eigenvalue weighted by Crippen LogP contribution is 2.29. The highest BCUT2D eigenvalue weighted by atomic mass is 19.4. The Bertz CT molecular complexity index is 348. The van der Waals surface area contributed by atoms with Gasteiger partial charge >= 0.3 is 6.18 Å². The summed E-state index contributed by atoms with van der Waals surface area (Å²) in [5, 5.41) is 11.9. The van der Waals surface area contributed by atoms with E-state index in [0.717, 1.165) is 17.7 Å². The van der Waals surface area contributed by atoms with Crippen molar-refractivity contribution in [2.75, 3.05) is 6.61 Å². The fourth-order valence-corrected chi connectivity index (χ4v) is 1.54. The van der Waals surface area contributed by atoms with Gasteiger partial charge in [-0.25, -0.2) is 0 Å². The van der Waals surface area contributed by atoms with Crippen molar-refractivity contribution in [3.8, 4) is 0 Å². The molecule has 0 bridgehead atoms. The Hall–Kier alpha value is -1.07. The first kappa shape index (κ1) is 14.0. The van der Waals surface area contributed by atoms with Crippen LogP contribution < -0.4 is 5.32 Å². The van der Waals surface area contributed by atoms with Gasteiger partial charge < -0.3 is 10.4 Å². The van der Waals surface area contributed by atoms with Crippen molar-refractivity contribution in [3.05, 3.63) is 35.4 Å². The van der Waals surface area contributed by atoms with Gasteiger partial charge in [-0.15, -0.1) is 0 Å². The molecular formula is C12H16F3NO. The van der Waals surface area contributed by atoms with E-state index < -0.39 is 11.7 Å².